The van der Waals surface area contributed by atoms with Crippen molar-refractivity contribution in [3.05, 3.63) is 100 Å². The number of anilines is 1. The van der Waals surface area contributed by atoms with E-state index >= 15 is 0 Å². The first-order valence-corrected chi connectivity index (χ1v) is 10.4. The molecule has 3 heterocycles. The Morgan fingerprint density at radius 2 is 1.79 bits per heavy atom. The highest BCUT2D eigenvalue weighted by Gasteiger charge is 2.14. The van der Waals surface area contributed by atoms with Gasteiger partial charge in [0.1, 0.15) is 23.2 Å². The fourth-order valence-corrected chi connectivity index (χ4v) is 3.37. The highest BCUT2D eigenvalue weighted by molar-refractivity contribution is 6.05. The molecule has 0 aliphatic rings. The minimum Gasteiger partial charge on any atom is -0.438 e. The molecule has 5 aromatic rings. The minimum absolute atomic E-state index is 0.0716. The van der Waals surface area contributed by atoms with Gasteiger partial charge >= 0.3 is 5.63 Å². The number of aryl methyl sites for hydroxylation is 1. The van der Waals surface area contributed by atoms with E-state index in [4.69, 9.17) is 9.15 Å². The number of imidazole rings is 1. The summed E-state index contributed by atoms with van der Waals surface area (Å²) in [6.45, 7) is 3.89. The first kappa shape index (κ1) is 21.1. The maximum absolute atomic E-state index is 12.6. The van der Waals surface area contributed by atoms with E-state index < -0.39 is 11.5 Å². The average molecular weight is 453 g/mol. The fraction of sp³-hybridized carbons (Fsp3) is 0.0800. The van der Waals surface area contributed by atoms with Crippen LogP contribution in [0.2, 0.25) is 0 Å². The van der Waals surface area contributed by atoms with E-state index in [1.807, 2.05) is 18.4 Å². The van der Waals surface area contributed by atoms with Gasteiger partial charge in [0, 0.05) is 22.8 Å². The van der Waals surface area contributed by atoms with Crippen LogP contribution in [0.15, 0.2) is 82.3 Å². The molecule has 1 amide bonds. The molecule has 0 saturated carbocycles. The number of hydrogen-bond acceptors (Lipinski definition) is 7. The zero-order valence-corrected chi connectivity index (χ0v) is 18.4. The summed E-state index contributed by atoms with van der Waals surface area (Å²) in [5.74, 6) is 0.921. The van der Waals surface area contributed by atoms with E-state index in [1.165, 1.54) is 6.07 Å². The van der Waals surface area contributed by atoms with Crippen molar-refractivity contribution in [2.75, 3.05) is 5.32 Å². The number of hydrogen-bond donors (Lipinski definition) is 1. The van der Waals surface area contributed by atoms with Crippen LogP contribution in [-0.4, -0.2) is 25.7 Å². The third-order valence-corrected chi connectivity index (χ3v) is 5.35. The van der Waals surface area contributed by atoms with E-state index in [9.17, 15) is 9.59 Å². The second kappa shape index (κ2) is 8.62. The number of rotatable bonds is 5. The van der Waals surface area contributed by atoms with Crippen molar-refractivity contribution >= 4 is 22.6 Å². The smallest absolute Gasteiger partial charge is 0.349 e. The molecule has 3 aromatic heterocycles. The van der Waals surface area contributed by atoms with Gasteiger partial charge in [-0.2, -0.15) is 0 Å². The molecule has 0 aliphatic carbocycles. The van der Waals surface area contributed by atoms with Crippen molar-refractivity contribution in [3.8, 4) is 17.4 Å². The van der Waals surface area contributed by atoms with Gasteiger partial charge < -0.3 is 14.5 Å². The molecule has 0 bridgehead atoms. The van der Waals surface area contributed by atoms with Crippen molar-refractivity contribution in [1.29, 1.82) is 0 Å². The topological polar surface area (TPSA) is 112 Å². The molecule has 0 spiro atoms. The number of aromatic nitrogens is 4. The molecule has 0 fully saturated rings. The Morgan fingerprint density at radius 3 is 2.50 bits per heavy atom. The summed E-state index contributed by atoms with van der Waals surface area (Å²) < 4.78 is 12.8. The average Bonchev–Trinajstić information content (AvgIpc) is 3.18. The first-order valence-electron chi connectivity index (χ1n) is 10.4. The Bertz CT molecular complexity index is 1550. The summed E-state index contributed by atoms with van der Waals surface area (Å²) in [6.07, 6.45) is 1.70. The minimum atomic E-state index is -0.695. The molecule has 0 aliphatic heterocycles. The zero-order valence-electron chi connectivity index (χ0n) is 18.4. The van der Waals surface area contributed by atoms with Gasteiger partial charge in [-0.25, -0.2) is 9.78 Å². The van der Waals surface area contributed by atoms with Gasteiger partial charge in [-0.15, -0.1) is 10.2 Å². The van der Waals surface area contributed by atoms with Crippen LogP contribution in [0.25, 0.3) is 16.8 Å². The second-order valence-electron chi connectivity index (χ2n) is 7.58. The first-order chi connectivity index (χ1) is 16.5. The number of carbonyl (C=O) groups excluding carboxylic acids is 1. The Hall–Kier alpha value is -4.79. The third kappa shape index (κ3) is 4.14. The van der Waals surface area contributed by atoms with Crippen LogP contribution in [0.5, 0.6) is 11.6 Å². The van der Waals surface area contributed by atoms with Crippen molar-refractivity contribution < 1.29 is 13.9 Å². The Balaban J connectivity index is 1.27. The molecule has 9 heteroatoms. The summed E-state index contributed by atoms with van der Waals surface area (Å²) in [5, 5.41) is 11.7. The normalized spacial score (nSPS) is 10.9. The van der Waals surface area contributed by atoms with Crippen molar-refractivity contribution in [1.82, 2.24) is 19.7 Å². The Labute approximate surface area is 193 Å². The largest absolute Gasteiger partial charge is 0.438 e. The van der Waals surface area contributed by atoms with Crippen LogP contribution in [0.3, 0.4) is 0 Å². The number of ether oxygens (including phenoxy) is 1. The van der Waals surface area contributed by atoms with E-state index in [-0.39, 0.29) is 5.56 Å². The molecular weight excluding hydrogens is 434 g/mol. The second-order valence-corrected chi connectivity index (χ2v) is 7.58. The summed E-state index contributed by atoms with van der Waals surface area (Å²) in [6, 6.07) is 18.7. The van der Waals surface area contributed by atoms with Crippen LogP contribution >= 0.6 is 0 Å². The van der Waals surface area contributed by atoms with Crippen molar-refractivity contribution in [3.63, 3.8) is 0 Å². The molecule has 0 atom stereocenters. The van der Waals surface area contributed by atoms with Crippen LogP contribution in [0.4, 0.5) is 5.69 Å². The summed E-state index contributed by atoms with van der Waals surface area (Å²) in [4.78, 5) is 29.1. The summed E-state index contributed by atoms with van der Waals surface area (Å²) >= 11 is 0. The number of amides is 1. The third-order valence-electron chi connectivity index (χ3n) is 5.35. The quantitative estimate of drug-likeness (QED) is 0.392. The number of nitrogens with zero attached hydrogens (tertiary/aromatic N) is 4. The van der Waals surface area contributed by atoms with Gasteiger partial charge in [0.15, 0.2) is 5.82 Å². The molecule has 5 rings (SSSR count). The van der Waals surface area contributed by atoms with Gasteiger partial charge in [0.25, 0.3) is 5.91 Å². The van der Waals surface area contributed by atoms with Gasteiger partial charge in [-0.3, -0.25) is 9.36 Å². The van der Waals surface area contributed by atoms with Gasteiger partial charge in [-0.1, -0.05) is 18.2 Å². The van der Waals surface area contributed by atoms with Gasteiger partial charge in [0.05, 0.1) is 5.69 Å². The lowest BCUT2D eigenvalue weighted by Gasteiger charge is -2.08. The monoisotopic (exact) mass is 453 g/mol. The lowest BCUT2D eigenvalue weighted by atomic mass is 10.1. The van der Waals surface area contributed by atoms with E-state index in [1.54, 1.807) is 67.0 Å². The molecule has 34 heavy (non-hydrogen) atoms. The molecule has 168 valence electrons. The van der Waals surface area contributed by atoms with Crippen molar-refractivity contribution in [2.24, 2.45) is 0 Å². The van der Waals surface area contributed by atoms with E-state index in [0.717, 1.165) is 11.4 Å². The number of benzene rings is 2. The predicted molar refractivity (Wildman–Crippen MR) is 126 cm³/mol. The lowest BCUT2D eigenvalue weighted by Crippen LogP contribution is -2.20. The van der Waals surface area contributed by atoms with Gasteiger partial charge in [0.2, 0.25) is 5.88 Å². The molecule has 0 radical (unpaired) electrons. The van der Waals surface area contributed by atoms with Gasteiger partial charge in [-0.05, 0) is 56.3 Å². The molecule has 0 saturated heterocycles. The number of fused-ring (bicyclic) bond motifs is 1. The fourth-order valence-electron chi connectivity index (χ4n) is 3.37. The van der Waals surface area contributed by atoms with Crippen LogP contribution in [0.1, 0.15) is 21.7 Å². The predicted octanol–water partition coefficient (Wildman–Crippen LogP) is 4.43. The Morgan fingerprint density at radius 1 is 1.00 bits per heavy atom. The van der Waals surface area contributed by atoms with Crippen LogP contribution < -0.4 is 15.7 Å². The maximum atomic E-state index is 12.6. The highest BCUT2D eigenvalue weighted by Crippen LogP contribution is 2.22. The Kier molecular flexibility index (Phi) is 5.35. The standard InChI is InChI=1S/C25H19N5O4/c1-15-16(2)30(14-26-15)22-11-12-23(29-28-22)33-19-9-7-18(8-10-19)27-24(31)20-13-17-5-3-4-6-21(17)34-25(20)32/h3-14H,1-2H3,(H,27,31). The SMILES string of the molecule is Cc1ncn(-c2ccc(Oc3ccc(NC(=O)c4cc5ccccc5oc4=O)cc3)nn2)c1C. The van der Waals surface area contributed by atoms with E-state index in [0.29, 0.717) is 34.1 Å². The number of nitrogens with one attached hydrogen (secondary N) is 1. The molecular formula is C25H19N5O4. The lowest BCUT2D eigenvalue weighted by molar-refractivity contribution is 0.102. The zero-order chi connectivity index (χ0) is 23.7. The molecule has 2 aromatic carbocycles. The summed E-state index contributed by atoms with van der Waals surface area (Å²) in [7, 11) is 0. The number of para-hydroxylation sites is 1. The molecule has 1 N–H and O–H groups in total. The van der Waals surface area contributed by atoms with Crippen molar-refractivity contribution in [2.45, 2.75) is 13.8 Å². The van der Waals surface area contributed by atoms with Crippen LogP contribution in [-0.2, 0) is 0 Å². The maximum Gasteiger partial charge on any atom is 0.349 e. The van der Waals surface area contributed by atoms with Crippen LogP contribution in [0, 0.1) is 13.8 Å². The van der Waals surface area contributed by atoms with E-state index in [2.05, 4.69) is 20.5 Å². The molecule has 9 nitrogen and oxygen atoms in total. The highest BCUT2D eigenvalue weighted by atomic mass is 16.5. The number of carbonyl (C=O) groups is 1. The summed E-state index contributed by atoms with van der Waals surface area (Å²) in [5.41, 5.74) is 2.07. The molecule has 0 unspecified atom stereocenters.